The van der Waals surface area contributed by atoms with Crippen molar-refractivity contribution in [2.45, 2.75) is 6.42 Å². The van der Waals surface area contributed by atoms with Crippen LogP contribution in [0, 0.1) is 5.82 Å². The fourth-order valence-electron chi connectivity index (χ4n) is 3.37. The van der Waals surface area contributed by atoms with E-state index in [9.17, 15) is 14.0 Å². The number of hydrogen-bond acceptors (Lipinski definition) is 3. The van der Waals surface area contributed by atoms with Crippen LogP contribution in [0.3, 0.4) is 0 Å². The maximum atomic E-state index is 13.6. The first-order valence-corrected chi connectivity index (χ1v) is 9.83. The Morgan fingerprint density at radius 1 is 0.867 bits per heavy atom. The molecule has 0 spiro atoms. The van der Waals surface area contributed by atoms with Crippen molar-refractivity contribution in [1.82, 2.24) is 4.90 Å². The molecule has 2 amide bonds. The van der Waals surface area contributed by atoms with Crippen LogP contribution >= 0.6 is 11.6 Å². The van der Waals surface area contributed by atoms with Crippen molar-refractivity contribution < 1.29 is 14.0 Å². The number of benzene rings is 3. The second-order valence-electron chi connectivity index (χ2n) is 6.89. The highest BCUT2D eigenvalue weighted by molar-refractivity contribution is 6.36. The van der Waals surface area contributed by atoms with Crippen molar-refractivity contribution in [3.63, 3.8) is 0 Å². The number of halogens is 2. The van der Waals surface area contributed by atoms with Crippen LogP contribution in [0.1, 0.15) is 11.1 Å². The number of amides is 2. The Kier molecular flexibility index (Phi) is 5.63. The third-order valence-corrected chi connectivity index (χ3v) is 5.11. The van der Waals surface area contributed by atoms with E-state index in [0.717, 1.165) is 5.56 Å². The molecule has 30 heavy (non-hydrogen) atoms. The average molecular weight is 421 g/mol. The third-order valence-electron chi connectivity index (χ3n) is 4.86. The smallest absolute Gasteiger partial charge is 0.278 e. The number of rotatable bonds is 6. The van der Waals surface area contributed by atoms with Crippen LogP contribution < -0.4 is 5.32 Å². The Labute approximate surface area is 178 Å². The Hall–Kier alpha value is -3.44. The normalized spacial score (nSPS) is 13.9. The second kappa shape index (κ2) is 8.51. The number of nitrogens with zero attached hydrogens (tertiary/aromatic N) is 1. The zero-order valence-electron chi connectivity index (χ0n) is 15.9. The third kappa shape index (κ3) is 4.11. The first-order valence-electron chi connectivity index (χ1n) is 9.46. The lowest BCUT2D eigenvalue weighted by molar-refractivity contribution is -0.136. The van der Waals surface area contributed by atoms with Crippen molar-refractivity contribution in [3.05, 3.63) is 107 Å². The van der Waals surface area contributed by atoms with Gasteiger partial charge in [-0.3, -0.25) is 14.5 Å². The molecular weight excluding hydrogens is 403 g/mol. The van der Waals surface area contributed by atoms with Gasteiger partial charge in [0.15, 0.2) is 0 Å². The SMILES string of the molecule is O=C1C(Nc2cccc(F)c2)=C(c2ccccc2)C(=O)N1CCc1ccc(Cl)cc1. The highest BCUT2D eigenvalue weighted by Gasteiger charge is 2.38. The fraction of sp³-hybridized carbons (Fsp3) is 0.0833. The quantitative estimate of drug-likeness (QED) is 0.576. The standard InChI is InChI=1S/C24H18ClFN2O2/c25-18-11-9-16(10-12-18)13-14-28-23(29)21(17-5-2-1-3-6-17)22(24(28)30)27-20-8-4-7-19(26)15-20/h1-12,15,27H,13-14H2. The van der Waals surface area contributed by atoms with Crippen LogP contribution in [-0.4, -0.2) is 23.3 Å². The topological polar surface area (TPSA) is 49.4 Å². The molecule has 0 aliphatic carbocycles. The van der Waals surface area contributed by atoms with Crippen LogP contribution in [0.2, 0.25) is 5.02 Å². The summed E-state index contributed by atoms with van der Waals surface area (Å²) < 4.78 is 13.6. The second-order valence-corrected chi connectivity index (χ2v) is 7.33. The first-order chi connectivity index (χ1) is 14.5. The molecule has 0 unspecified atom stereocenters. The van der Waals surface area contributed by atoms with Gasteiger partial charge in [0.05, 0.1) is 5.57 Å². The highest BCUT2D eigenvalue weighted by atomic mass is 35.5. The van der Waals surface area contributed by atoms with Crippen LogP contribution in [-0.2, 0) is 16.0 Å². The molecule has 3 aromatic carbocycles. The van der Waals surface area contributed by atoms with E-state index in [1.807, 2.05) is 18.2 Å². The zero-order valence-corrected chi connectivity index (χ0v) is 16.7. The van der Waals surface area contributed by atoms with Gasteiger partial charge in [-0.15, -0.1) is 0 Å². The van der Waals surface area contributed by atoms with E-state index >= 15 is 0 Å². The van der Waals surface area contributed by atoms with Gasteiger partial charge in [-0.2, -0.15) is 0 Å². The van der Waals surface area contributed by atoms with Gasteiger partial charge in [0.2, 0.25) is 0 Å². The minimum atomic E-state index is -0.433. The molecule has 0 atom stereocenters. The maximum absolute atomic E-state index is 13.6. The van der Waals surface area contributed by atoms with Crippen LogP contribution in [0.4, 0.5) is 10.1 Å². The molecule has 1 heterocycles. The van der Waals surface area contributed by atoms with E-state index in [1.165, 1.54) is 17.0 Å². The molecule has 3 aromatic rings. The molecule has 0 radical (unpaired) electrons. The van der Waals surface area contributed by atoms with Gasteiger partial charge in [0, 0.05) is 17.3 Å². The van der Waals surface area contributed by atoms with Gasteiger partial charge in [-0.1, -0.05) is 60.1 Å². The molecule has 1 aliphatic heterocycles. The lowest BCUT2D eigenvalue weighted by Gasteiger charge is -2.15. The highest BCUT2D eigenvalue weighted by Crippen LogP contribution is 2.30. The molecule has 0 fully saturated rings. The summed E-state index contributed by atoms with van der Waals surface area (Å²) in [5.41, 5.74) is 2.42. The summed E-state index contributed by atoms with van der Waals surface area (Å²) in [5, 5.41) is 3.58. The number of anilines is 1. The van der Waals surface area contributed by atoms with Crippen LogP contribution in [0.15, 0.2) is 84.6 Å². The Morgan fingerprint density at radius 2 is 1.60 bits per heavy atom. The van der Waals surface area contributed by atoms with Gasteiger partial charge in [0.25, 0.3) is 11.8 Å². The van der Waals surface area contributed by atoms with Crippen molar-refractivity contribution in [2.75, 3.05) is 11.9 Å². The largest absolute Gasteiger partial charge is 0.350 e. The van der Waals surface area contributed by atoms with E-state index in [0.29, 0.717) is 22.7 Å². The van der Waals surface area contributed by atoms with E-state index < -0.39 is 11.7 Å². The van der Waals surface area contributed by atoms with E-state index in [1.54, 1.807) is 48.5 Å². The first kappa shape index (κ1) is 19.9. The number of nitrogens with one attached hydrogen (secondary N) is 1. The van der Waals surface area contributed by atoms with Crippen molar-refractivity contribution in [2.24, 2.45) is 0 Å². The summed E-state index contributed by atoms with van der Waals surface area (Å²) in [5.74, 6) is -1.24. The van der Waals surface area contributed by atoms with Gasteiger partial charge in [-0.05, 0) is 47.9 Å². The van der Waals surface area contributed by atoms with E-state index in [-0.39, 0.29) is 23.7 Å². The van der Waals surface area contributed by atoms with E-state index in [4.69, 9.17) is 11.6 Å². The van der Waals surface area contributed by atoms with Crippen LogP contribution in [0.25, 0.3) is 5.57 Å². The number of imide groups is 1. The van der Waals surface area contributed by atoms with Crippen molar-refractivity contribution in [1.29, 1.82) is 0 Å². The lowest BCUT2D eigenvalue weighted by Crippen LogP contribution is -2.34. The minimum absolute atomic E-state index is 0.146. The zero-order chi connectivity index (χ0) is 21.1. The Morgan fingerprint density at radius 3 is 2.30 bits per heavy atom. The summed E-state index contributed by atoms with van der Waals surface area (Å²) in [6.07, 6.45) is 0.504. The monoisotopic (exact) mass is 420 g/mol. The van der Waals surface area contributed by atoms with Crippen LogP contribution in [0.5, 0.6) is 0 Å². The average Bonchev–Trinajstić information content (AvgIpc) is 2.98. The molecule has 0 aromatic heterocycles. The molecule has 150 valence electrons. The molecule has 1 aliphatic rings. The maximum Gasteiger partial charge on any atom is 0.278 e. The predicted molar refractivity (Wildman–Crippen MR) is 115 cm³/mol. The number of hydrogen-bond donors (Lipinski definition) is 1. The van der Waals surface area contributed by atoms with Crippen molar-refractivity contribution >= 4 is 34.7 Å². The van der Waals surface area contributed by atoms with Gasteiger partial charge in [-0.25, -0.2) is 4.39 Å². The molecule has 0 saturated heterocycles. The molecule has 4 nitrogen and oxygen atoms in total. The number of carbonyl (C=O) groups excluding carboxylic acids is 2. The molecule has 4 rings (SSSR count). The number of carbonyl (C=O) groups is 2. The molecule has 0 saturated carbocycles. The van der Waals surface area contributed by atoms with Gasteiger partial charge >= 0.3 is 0 Å². The fourth-order valence-corrected chi connectivity index (χ4v) is 3.50. The summed E-state index contributed by atoms with van der Waals surface area (Å²) in [4.78, 5) is 27.5. The Balaban J connectivity index is 1.64. The molecule has 1 N–H and O–H groups in total. The summed E-state index contributed by atoms with van der Waals surface area (Å²) >= 11 is 5.92. The Bertz CT molecular complexity index is 1130. The summed E-state index contributed by atoms with van der Waals surface area (Å²) in [6, 6.07) is 22.1. The minimum Gasteiger partial charge on any atom is -0.350 e. The molecular formula is C24H18ClFN2O2. The summed E-state index contributed by atoms with van der Waals surface area (Å²) in [7, 11) is 0. The molecule has 0 bridgehead atoms. The molecule has 6 heteroatoms. The van der Waals surface area contributed by atoms with Gasteiger partial charge < -0.3 is 5.32 Å². The van der Waals surface area contributed by atoms with Crippen molar-refractivity contribution in [3.8, 4) is 0 Å². The predicted octanol–water partition coefficient (Wildman–Crippen LogP) is 4.91. The van der Waals surface area contributed by atoms with E-state index in [2.05, 4.69) is 5.32 Å². The summed E-state index contributed by atoms with van der Waals surface area (Å²) in [6.45, 7) is 0.226. The lowest BCUT2D eigenvalue weighted by atomic mass is 10.0. The van der Waals surface area contributed by atoms with Gasteiger partial charge in [0.1, 0.15) is 11.5 Å².